The predicted molar refractivity (Wildman–Crippen MR) is 257 cm³/mol. The maximum Gasteiger partial charge on any atom is 0.305 e. The number of aliphatic carboxylic acids is 2. The SMILES string of the molecule is CC(C)C[C@H](NC(=O)[C@@H](N)CCC(=O)O)C(=O)N[C@@H](CC(N)=O)C(=O)N[C@@H](Cc1ccc(O)cc1)C(=O)N[C@@H](CO)C(=O)N1CCC[C@H]1C(=O)N[C@@H](CC(=O)O)C(=O)N[C@@H](Cc1c[nH]c2ccccc12)C(N)=O. The van der Waals surface area contributed by atoms with E-state index < -0.39 is 139 Å². The predicted octanol–water partition coefficient (Wildman–Crippen LogP) is -3.38. The monoisotopic (exact) mass is 1020 g/mol. The van der Waals surface area contributed by atoms with Crippen LogP contribution in [0.1, 0.15) is 69.9 Å². The summed E-state index contributed by atoms with van der Waals surface area (Å²) in [6, 6.07) is 0.219. The minimum atomic E-state index is -1.78. The Labute approximate surface area is 417 Å². The normalized spacial score (nSPS) is 16.1. The summed E-state index contributed by atoms with van der Waals surface area (Å²) >= 11 is 0. The van der Waals surface area contributed by atoms with E-state index in [2.05, 4.69) is 36.9 Å². The lowest BCUT2D eigenvalue weighted by Gasteiger charge is -2.30. The number of aliphatic hydroxyl groups is 1. The topological polar surface area (TPSA) is 438 Å². The fourth-order valence-corrected chi connectivity index (χ4v) is 8.05. The zero-order valence-corrected chi connectivity index (χ0v) is 40.1. The fraction of sp³-hybridized carbons (Fsp3) is 0.468. The largest absolute Gasteiger partial charge is 0.508 e. The highest BCUT2D eigenvalue weighted by molar-refractivity contribution is 5.99. The van der Waals surface area contributed by atoms with Crippen molar-refractivity contribution in [2.45, 2.75) is 120 Å². The van der Waals surface area contributed by atoms with Gasteiger partial charge in [0.1, 0.15) is 48.0 Å². The maximum atomic E-state index is 14.1. The van der Waals surface area contributed by atoms with Crippen molar-refractivity contribution in [1.29, 1.82) is 0 Å². The molecule has 396 valence electrons. The third-order valence-electron chi connectivity index (χ3n) is 11.8. The average Bonchev–Trinajstić information content (AvgIpc) is 3.99. The average molecular weight is 1020 g/mol. The number of aromatic hydroxyl groups is 1. The van der Waals surface area contributed by atoms with Crippen LogP contribution in [0.4, 0.5) is 0 Å². The lowest BCUT2D eigenvalue weighted by atomic mass is 10.0. The number of hydrogen-bond acceptors (Lipinski definition) is 14. The van der Waals surface area contributed by atoms with Crippen molar-refractivity contribution in [3.8, 4) is 5.75 Å². The van der Waals surface area contributed by atoms with Gasteiger partial charge in [-0.1, -0.05) is 44.2 Å². The highest BCUT2D eigenvalue weighted by Gasteiger charge is 2.41. The number of carbonyl (C=O) groups excluding carboxylic acids is 9. The molecule has 8 atom stereocenters. The molecule has 1 aromatic heterocycles. The molecule has 0 spiro atoms. The molecule has 1 fully saturated rings. The molecular weight excluding hydrogens is 959 g/mol. The van der Waals surface area contributed by atoms with Gasteiger partial charge in [-0.15, -0.1) is 0 Å². The summed E-state index contributed by atoms with van der Waals surface area (Å²) in [5.74, 6) is -12.2. The standard InChI is InChI=1S/C47H63N11O15/c1-23(2)16-31(53-41(67)28(48)13-14-38(62)63)42(68)55-33(19-37(49)61)44(70)54-32(17-24-9-11-26(60)12-10-24)43(69)57-35(22-59)47(73)58-15-5-8-36(58)46(72)56-34(20-39(64)65)45(71)52-30(40(50)66)18-25-21-51-29-7-4-3-6-27(25)29/h3-4,6-7,9-12,21,23,28,30-36,51,59-60H,5,8,13-20,22,48H2,1-2H3,(H2,49,61)(H2,50,66)(H,52,71)(H,53,67)(H,54,70)(H,55,68)(H,56,72)(H,57,69)(H,62,63)(H,64,65)/t28-,30-,31-,32-,33-,34-,35-,36-/m0/s1. The van der Waals surface area contributed by atoms with Gasteiger partial charge in [0.05, 0.1) is 25.5 Å². The number of phenolic OH excluding ortho intramolecular Hbond substituents is 1. The van der Waals surface area contributed by atoms with Crippen molar-refractivity contribution in [3.05, 3.63) is 65.9 Å². The summed E-state index contributed by atoms with van der Waals surface area (Å²) in [5.41, 5.74) is 18.6. The van der Waals surface area contributed by atoms with E-state index in [0.717, 1.165) is 15.8 Å². The van der Waals surface area contributed by atoms with Crippen LogP contribution in [-0.4, -0.2) is 157 Å². The van der Waals surface area contributed by atoms with Gasteiger partial charge in [-0.05, 0) is 60.9 Å². The highest BCUT2D eigenvalue weighted by Crippen LogP contribution is 2.21. The molecule has 1 saturated heterocycles. The summed E-state index contributed by atoms with van der Waals surface area (Å²) in [4.78, 5) is 148. The summed E-state index contributed by atoms with van der Waals surface area (Å²) in [6.07, 6.45) is -1.04. The molecule has 0 bridgehead atoms. The van der Waals surface area contributed by atoms with Crippen molar-refractivity contribution in [1.82, 2.24) is 41.8 Å². The number of aliphatic hydroxyl groups excluding tert-OH is 1. The van der Waals surface area contributed by atoms with Crippen LogP contribution in [-0.2, 0) is 65.6 Å². The van der Waals surface area contributed by atoms with Crippen molar-refractivity contribution >= 4 is 76.0 Å². The van der Waals surface area contributed by atoms with Gasteiger partial charge >= 0.3 is 11.9 Å². The number of carbonyl (C=O) groups is 11. The molecule has 17 N–H and O–H groups in total. The highest BCUT2D eigenvalue weighted by atomic mass is 16.4. The number of primary amides is 2. The number of nitrogens with zero attached hydrogens (tertiary/aromatic N) is 1. The van der Waals surface area contributed by atoms with Crippen molar-refractivity contribution < 1.29 is 73.2 Å². The molecule has 73 heavy (non-hydrogen) atoms. The van der Waals surface area contributed by atoms with Gasteiger partial charge in [-0.3, -0.25) is 52.7 Å². The molecule has 9 amide bonds. The minimum Gasteiger partial charge on any atom is -0.508 e. The Kier molecular flexibility index (Phi) is 21.2. The number of aromatic amines is 1. The number of carboxylic acid groups (broad SMARTS) is 2. The molecule has 0 radical (unpaired) electrons. The summed E-state index contributed by atoms with van der Waals surface area (Å²) in [7, 11) is 0. The van der Waals surface area contributed by atoms with E-state index in [4.69, 9.17) is 22.3 Å². The Hall–Kier alpha value is -8.13. The van der Waals surface area contributed by atoms with Gasteiger partial charge < -0.3 is 79.4 Å². The number of carboxylic acids is 2. The molecule has 0 unspecified atom stereocenters. The third-order valence-corrected chi connectivity index (χ3v) is 11.8. The van der Waals surface area contributed by atoms with Gasteiger partial charge in [-0.2, -0.15) is 0 Å². The Morgan fingerprint density at radius 2 is 1.27 bits per heavy atom. The number of fused-ring (bicyclic) bond motifs is 1. The second-order valence-electron chi connectivity index (χ2n) is 18.0. The number of H-pyrrole nitrogens is 1. The van der Waals surface area contributed by atoms with Crippen molar-refractivity contribution in [2.24, 2.45) is 23.1 Å². The number of benzene rings is 2. The van der Waals surface area contributed by atoms with E-state index >= 15 is 0 Å². The molecule has 3 aromatic rings. The summed E-state index contributed by atoms with van der Waals surface area (Å²) in [6.45, 7) is 2.29. The van der Waals surface area contributed by atoms with Gasteiger partial charge in [0.15, 0.2) is 0 Å². The van der Waals surface area contributed by atoms with Gasteiger partial charge in [-0.25, -0.2) is 0 Å². The van der Waals surface area contributed by atoms with E-state index in [9.17, 15) is 68.1 Å². The van der Waals surface area contributed by atoms with Crippen molar-refractivity contribution in [3.63, 3.8) is 0 Å². The number of aromatic nitrogens is 1. The van der Waals surface area contributed by atoms with Crippen LogP contribution in [0, 0.1) is 5.92 Å². The molecule has 0 saturated carbocycles. The summed E-state index contributed by atoms with van der Waals surface area (Å²) in [5, 5.41) is 54.1. The smallest absolute Gasteiger partial charge is 0.305 e. The first-order chi connectivity index (χ1) is 34.5. The van der Waals surface area contributed by atoms with Gasteiger partial charge in [0, 0.05) is 42.9 Å². The van der Waals surface area contributed by atoms with Crippen LogP contribution in [0.25, 0.3) is 10.9 Å². The lowest BCUT2D eigenvalue weighted by molar-refractivity contribution is -0.144. The number of likely N-dealkylation sites (tertiary alicyclic amines) is 1. The van der Waals surface area contributed by atoms with Crippen molar-refractivity contribution in [2.75, 3.05) is 13.2 Å². The molecule has 2 heterocycles. The third kappa shape index (κ3) is 17.3. The van der Waals surface area contributed by atoms with E-state index in [1.165, 1.54) is 24.3 Å². The number of nitrogens with one attached hydrogen (secondary N) is 7. The number of para-hydroxylation sites is 1. The van der Waals surface area contributed by atoms with Crippen LogP contribution < -0.4 is 49.1 Å². The van der Waals surface area contributed by atoms with Gasteiger partial charge in [0.25, 0.3) is 0 Å². The molecular formula is C47H63N11O15. The molecule has 1 aliphatic rings. The molecule has 26 nitrogen and oxygen atoms in total. The molecule has 4 rings (SSSR count). The van der Waals surface area contributed by atoms with Crippen LogP contribution in [0.2, 0.25) is 0 Å². The number of amides is 9. The molecule has 0 aliphatic carbocycles. The Balaban J connectivity index is 1.51. The van der Waals surface area contributed by atoms with E-state index in [0.29, 0.717) is 11.1 Å². The molecule has 26 heteroatoms. The number of rotatable bonds is 28. The number of hydrogen-bond donors (Lipinski definition) is 14. The minimum absolute atomic E-state index is 0.00113. The van der Waals surface area contributed by atoms with Crippen LogP contribution in [0.15, 0.2) is 54.7 Å². The van der Waals surface area contributed by atoms with Crippen LogP contribution >= 0.6 is 0 Å². The second-order valence-corrected chi connectivity index (χ2v) is 18.0. The Morgan fingerprint density at radius 3 is 1.88 bits per heavy atom. The quantitative estimate of drug-likeness (QED) is 0.0338. The second kappa shape index (κ2) is 26.9. The molecule has 2 aromatic carbocycles. The van der Waals surface area contributed by atoms with E-state index in [-0.39, 0.29) is 56.7 Å². The zero-order chi connectivity index (χ0) is 54.1. The number of phenols is 1. The maximum absolute atomic E-state index is 14.1. The Bertz CT molecular complexity index is 2520. The first kappa shape index (κ1) is 57.4. The number of nitrogens with two attached hydrogens (primary N) is 3. The Morgan fingerprint density at radius 1 is 0.699 bits per heavy atom. The lowest BCUT2D eigenvalue weighted by Crippen LogP contribution is -2.61. The van der Waals surface area contributed by atoms with E-state index in [1.807, 2.05) is 0 Å². The summed E-state index contributed by atoms with van der Waals surface area (Å²) < 4.78 is 0. The zero-order valence-electron chi connectivity index (χ0n) is 40.1. The van der Waals surface area contributed by atoms with Gasteiger partial charge in [0.2, 0.25) is 53.2 Å². The first-order valence-electron chi connectivity index (χ1n) is 23.3. The first-order valence-corrected chi connectivity index (χ1v) is 23.3. The fourth-order valence-electron chi connectivity index (χ4n) is 8.05. The van der Waals surface area contributed by atoms with E-state index in [1.54, 1.807) is 44.3 Å². The van der Waals surface area contributed by atoms with Crippen LogP contribution in [0.3, 0.4) is 0 Å². The van der Waals surface area contributed by atoms with Crippen LogP contribution in [0.5, 0.6) is 5.75 Å². The molecule has 1 aliphatic heterocycles.